The van der Waals surface area contributed by atoms with Crippen LogP contribution in [0.1, 0.15) is 60.0 Å². The van der Waals surface area contributed by atoms with Crippen LogP contribution in [0, 0.1) is 11.8 Å². The maximum atomic E-state index is 12.8. The number of unbranched alkanes of at least 4 members (excludes halogenated alkanes) is 4. The molecule has 7 nitrogen and oxygen atoms in total. The Labute approximate surface area is 254 Å². The van der Waals surface area contributed by atoms with Crippen LogP contribution in [-0.2, 0) is 9.53 Å². The third-order valence-corrected chi connectivity index (χ3v) is 6.20. The molecule has 3 rings (SSSR count). The van der Waals surface area contributed by atoms with E-state index >= 15 is 0 Å². The molecule has 0 N–H and O–H groups in total. The van der Waals surface area contributed by atoms with E-state index in [0.717, 1.165) is 61.5 Å². The van der Waals surface area contributed by atoms with Gasteiger partial charge in [0.2, 0.25) is 0 Å². The van der Waals surface area contributed by atoms with Crippen molar-refractivity contribution < 1.29 is 33.3 Å². The number of carbonyl (C=O) groups is 2. The van der Waals surface area contributed by atoms with E-state index in [1.165, 1.54) is 7.11 Å². The van der Waals surface area contributed by atoms with E-state index in [2.05, 4.69) is 25.0 Å². The van der Waals surface area contributed by atoms with Gasteiger partial charge >= 0.3 is 11.9 Å². The first-order valence-corrected chi connectivity index (χ1v) is 14.3. The molecule has 0 amide bonds. The zero-order chi connectivity index (χ0) is 30.7. The molecule has 0 heterocycles. The Balaban J connectivity index is 1.46. The van der Waals surface area contributed by atoms with Gasteiger partial charge in [-0.1, -0.05) is 24.5 Å². The zero-order valence-corrected chi connectivity index (χ0v) is 24.6. The Morgan fingerprint density at radius 1 is 0.721 bits per heavy atom. The minimum Gasteiger partial charge on any atom is -0.494 e. The second kappa shape index (κ2) is 18.5. The van der Waals surface area contributed by atoms with Crippen molar-refractivity contribution >= 4 is 11.9 Å². The zero-order valence-electron chi connectivity index (χ0n) is 24.6. The van der Waals surface area contributed by atoms with Crippen LogP contribution in [0.2, 0.25) is 0 Å². The fourth-order valence-corrected chi connectivity index (χ4v) is 3.85. The summed E-state index contributed by atoms with van der Waals surface area (Å²) < 4.78 is 27.5. The standard InChI is InChI=1S/C36H38O7/c1-4-6-9-24-40-31-19-14-28(15-20-31)12-13-29-16-23-33(34(27-29)39-3)43-36(38)30-17-21-32(22-18-30)41-25-10-7-8-11-26-42-35(37)5-2/h4-5,14-23,27H,1-2,6-11,24-26H2,3H3. The van der Waals surface area contributed by atoms with Crippen molar-refractivity contribution in [2.24, 2.45) is 0 Å². The smallest absolute Gasteiger partial charge is 0.343 e. The minimum atomic E-state index is -0.507. The lowest BCUT2D eigenvalue weighted by Gasteiger charge is -2.10. The van der Waals surface area contributed by atoms with Crippen molar-refractivity contribution in [3.8, 4) is 34.8 Å². The van der Waals surface area contributed by atoms with Gasteiger partial charge in [-0.05, 0) is 105 Å². The summed E-state index contributed by atoms with van der Waals surface area (Å²) in [5.41, 5.74) is 1.96. The van der Waals surface area contributed by atoms with E-state index in [1.54, 1.807) is 42.5 Å². The lowest BCUT2D eigenvalue weighted by atomic mass is 10.1. The summed E-state index contributed by atoms with van der Waals surface area (Å²) in [6.45, 7) is 8.68. The molecule has 0 unspecified atom stereocenters. The molecule has 43 heavy (non-hydrogen) atoms. The van der Waals surface area contributed by atoms with Gasteiger partial charge < -0.3 is 23.7 Å². The number of hydrogen-bond donors (Lipinski definition) is 0. The largest absolute Gasteiger partial charge is 0.494 e. The summed E-state index contributed by atoms with van der Waals surface area (Å²) in [6, 6.07) is 19.6. The van der Waals surface area contributed by atoms with E-state index in [0.29, 0.717) is 42.6 Å². The second-order valence-corrected chi connectivity index (χ2v) is 9.47. The van der Waals surface area contributed by atoms with E-state index in [-0.39, 0.29) is 0 Å². The van der Waals surface area contributed by atoms with Crippen molar-refractivity contribution in [2.75, 3.05) is 26.9 Å². The normalized spacial score (nSPS) is 10.1. The van der Waals surface area contributed by atoms with E-state index in [4.69, 9.17) is 23.7 Å². The van der Waals surface area contributed by atoms with Crippen LogP contribution in [0.5, 0.6) is 23.0 Å². The Hall–Kier alpha value is -4.96. The molecular weight excluding hydrogens is 544 g/mol. The molecule has 3 aromatic rings. The number of methoxy groups -OCH3 is 1. The van der Waals surface area contributed by atoms with Gasteiger partial charge in [-0.2, -0.15) is 0 Å². The molecule has 0 atom stereocenters. The molecule has 7 heteroatoms. The molecule has 0 aromatic heterocycles. The van der Waals surface area contributed by atoms with Crippen molar-refractivity contribution in [1.29, 1.82) is 0 Å². The lowest BCUT2D eigenvalue weighted by molar-refractivity contribution is -0.137. The van der Waals surface area contributed by atoms with Gasteiger partial charge in [-0.25, -0.2) is 9.59 Å². The summed E-state index contributed by atoms with van der Waals surface area (Å²) in [7, 11) is 1.52. The SMILES string of the molecule is C=CCCCOc1ccc(C#Cc2ccc(OC(=O)c3ccc(OCCCCCCOC(=O)C=C)cc3)c(OC)c2)cc1. The molecule has 0 bridgehead atoms. The first-order valence-electron chi connectivity index (χ1n) is 14.3. The maximum absolute atomic E-state index is 12.8. The Morgan fingerprint density at radius 2 is 1.33 bits per heavy atom. The fourth-order valence-electron chi connectivity index (χ4n) is 3.85. The predicted molar refractivity (Wildman–Crippen MR) is 167 cm³/mol. The number of benzene rings is 3. The third-order valence-electron chi connectivity index (χ3n) is 6.20. The van der Waals surface area contributed by atoms with Crippen LogP contribution in [0.15, 0.2) is 92.0 Å². The average Bonchev–Trinajstić information content (AvgIpc) is 3.04. The first kappa shape index (κ1) is 32.6. The molecule has 3 aromatic carbocycles. The monoisotopic (exact) mass is 582 g/mol. The van der Waals surface area contributed by atoms with Crippen molar-refractivity contribution in [3.63, 3.8) is 0 Å². The van der Waals surface area contributed by atoms with Crippen LogP contribution in [0.3, 0.4) is 0 Å². The second-order valence-electron chi connectivity index (χ2n) is 9.47. The number of rotatable bonds is 17. The molecule has 0 saturated heterocycles. The maximum Gasteiger partial charge on any atom is 0.343 e. The number of carbonyl (C=O) groups excluding carboxylic acids is 2. The highest BCUT2D eigenvalue weighted by atomic mass is 16.6. The molecule has 0 aliphatic carbocycles. The summed E-state index contributed by atoms with van der Waals surface area (Å²) in [6.07, 6.45) is 8.48. The lowest BCUT2D eigenvalue weighted by Crippen LogP contribution is -2.09. The van der Waals surface area contributed by atoms with Crippen LogP contribution < -0.4 is 18.9 Å². The van der Waals surface area contributed by atoms with Crippen LogP contribution in [0.4, 0.5) is 0 Å². The number of allylic oxidation sites excluding steroid dienone is 1. The van der Waals surface area contributed by atoms with E-state index in [1.807, 2.05) is 30.3 Å². The summed E-state index contributed by atoms with van der Waals surface area (Å²) in [4.78, 5) is 23.8. The number of esters is 2. The molecule has 0 aliphatic heterocycles. The van der Waals surface area contributed by atoms with E-state index in [9.17, 15) is 9.59 Å². The first-order chi connectivity index (χ1) is 21.0. The van der Waals surface area contributed by atoms with Crippen molar-refractivity contribution in [3.05, 3.63) is 109 Å². The molecule has 0 saturated carbocycles. The van der Waals surface area contributed by atoms with Gasteiger partial charge in [0.1, 0.15) is 11.5 Å². The Kier molecular flexibility index (Phi) is 14.0. The minimum absolute atomic E-state index is 0.301. The van der Waals surface area contributed by atoms with Gasteiger partial charge in [0.25, 0.3) is 0 Å². The van der Waals surface area contributed by atoms with Crippen LogP contribution in [0.25, 0.3) is 0 Å². The highest BCUT2D eigenvalue weighted by Crippen LogP contribution is 2.29. The highest BCUT2D eigenvalue weighted by Gasteiger charge is 2.13. The summed E-state index contributed by atoms with van der Waals surface area (Å²) in [5, 5.41) is 0. The molecule has 0 aliphatic rings. The highest BCUT2D eigenvalue weighted by molar-refractivity contribution is 5.91. The summed E-state index contributed by atoms with van der Waals surface area (Å²) >= 11 is 0. The van der Waals surface area contributed by atoms with Gasteiger partial charge in [0.15, 0.2) is 11.5 Å². The van der Waals surface area contributed by atoms with Crippen LogP contribution in [-0.4, -0.2) is 38.9 Å². The van der Waals surface area contributed by atoms with E-state index < -0.39 is 11.9 Å². The number of ether oxygens (including phenoxy) is 5. The van der Waals surface area contributed by atoms with Crippen LogP contribution >= 0.6 is 0 Å². The Morgan fingerprint density at radius 3 is 1.98 bits per heavy atom. The summed E-state index contributed by atoms with van der Waals surface area (Å²) in [5.74, 6) is 7.52. The average molecular weight is 583 g/mol. The predicted octanol–water partition coefficient (Wildman–Crippen LogP) is 7.33. The Bertz CT molecular complexity index is 1400. The molecule has 0 radical (unpaired) electrons. The topological polar surface area (TPSA) is 80.3 Å². The fraction of sp³-hybridized carbons (Fsp3) is 0.278. The molecular formula is C36H38O7. The quantitative estimate of drug-likeness (QED) is 0.0412. The van der Waals surface area contributed by atoms with Gasteiger partial charge in [0.05, 0.1) is 32.5 Å². The van der Waals surface area contributed by atoms with Gasteiger partial charge in [0, 0.05) is 17.2 Å². The van der Waals surface area contributed by atoms with Gasteiger partial charge in [-0.15, -0.1) is 6.58 Å². The van der Waals surface area contributed by atoms with Crippen molar-refractivity contribution in [1.82, 2.24) is 0 Å². The molecule has 0 fully saturated rings. The van der Waals surface area contributed by atoms with Gasteiger partial charge in [-0.3, -0.25) is 0 Å². The van der Waals surface area contributed by atoms with Crippen molar-refractivity contribution in [2.45, 2.75) is 38.5 Å². The number of hydrogen-bond acceptors (Lipinski definition) is 7. The molecule has 224 valence electrons. The molecule has 0 spiro atoms. The third kappa shape index (κ3) is 11.8.